The lowest BCUT2D eigenvalue weighted by Gasteiger charge is -2.26. The van der Waals surface area contributed by atoms with Crippen LogP contribution in [0.1, 0.15) is 52.4 Å². The summed E-state index contributed by atoms with van der Waals surface area (Å²) in [4.78, 5) is 83.0. The topological polar surface area (TPSA) is 280 Å². The summed E-state index contributed by atoms with van der Waals surface area (Å²) in [6, 6.07) is -5.47. The van der Waals surface area contributed by atoms with Crippen LogP contribution in [-0.2, 0) is 33.6 Å². The molecule has 0 aromatic heterocycles. The third-order valence-corrected chi connectivity index (χ3v) is 5.17. The smallest absolute Gasteiger partial charge is 0.326 e. The SMILES string of the molecule is CCC(C)C(NC(=O)C(CC(N)=O)NC(=O)C(CCC(N)=O)NC(=O)C(N)CCC(N)=O)C(=O)O. The Balaban J connectivity index is 5.61. The maximum atomic E-state index is 12.8. The molecule has 0 radical (unpaired) electrons. The number of rotatable bonds is 17. The predicted octanol–water partition coefficient (Wildman–Crippen LogP) is -3.69. The number of carboxylic acids is 1. The maximum Gasteiger partial charge on any atom is 0.326 e. The Hall–Kier alpha value is -3.75. The van der Waals surface area contributed by atoms with Crippen LogP contribution in [0.4, 0.5) is 0 Å². The van der Waals surface area contributed by atoms with Crippen molar-refractivity contribution < 1.29 is 38.7 Å². The zero-order chi connectivity index (χ0) is 27.3. The van der Waals surface area contributed by atoms with E-state index < -0.39 is 77.9 Å². The van der Waals surface area contributed by atoms with Crippen molar-refractivity contribution in [2.45, 2.75) is 76.5 Å². The van der Waals surface area contributed by atoms with E-state index in [9.17, 15) is 38.7 Å². The van der Waals surface area contributed by atoms with Crippen molar-refractivity contribution in [2.75, 3.05) is 0 Å². The van der Waals surface area contributed by atoms with Crippen molar-refractivity contribution in [2.24, 2.45) is 28.9 Å². The number of hydrogen-bond donors (Lipinski definition) is 8. The van der Waals surface area contributed by atoms with Gasteiger partial charge in [-0.15, -0.1) is 0 Å². The number of aliphatic carboxylic acids is 1. The minimum absolute atomic E-state index is 0.107. The fourth-order valence-corrected chi connectivity index (χ4v) is 2.88. The molecule has 0 spiro atoms. The summed E-state index contributed by atoms with van der Waals surface area (Å²) >= 11 is 0. The van der Waals surface area contributed by atoms with Crippen LogP contribution in [-0.4, -0.2) is 70.7 Å². The molecule has 5 atom stereocenters. The summed E-state index contributed by atoms with van der Waals surface area (Å²) in [5, 5.41) is 16.2. The van der Waals surface area contributed by atoms with Crippen LogP contribution < -0.4 is 38.9 Å². The summed E-state index contributed by atoms with van der Waals surface area (Å²) in [6.07, 6.45) is -1.14. The monoisotopic (exact) mass is 501 g/mol. The molecule has 0 fully saturated rings. The lowest BCUT2D eigenvalue weighted by molar-refractivity contribution is -0.144. The Morgan fingerprint density at radius 1 is 0.743 bits per heavy atom. The van der Waals surface area contributed by atoms with Gasteiger partial charge in [-0.25, -0.2) is 4.79 Å². The molecule has 0 aliphatic heterocycles. The van der Waals surface area contributed by atoms with Crippen molar-refractivity contribution in [3.05, 3.63) is 0 Å². The third kappa shape index (κ3) is 12.3. The minimum Gasteiger partial charge on any atom is -0.480 e. The molecule has 15 heteroatoms. The molecule has 0 rings (SSSR count). The zero-order valence-electron chi connectivity index (χ0n) is 19.7. The molecule has 5 unspecified atom stereocenters. The van der Waals surface area contributed by atoms with Crippen LogP contribution in [0.15, 0.2) is 0 Å². The van der Waals surface area contributed by atoms with Gasteiger partial charge in [0.2, 0.25) is 35.4 Å². The van der Waals surface area contributed by atoms with Gasteiger partial charge in [0.25, 0.3) is 0 Å². The summed E-state index contributed by atoms with van der Waals surface area (Å²) in [5.74, 6) is -7.00. The predicted molar refractivity (Wildman–Crippen MR) is 122 cm³/mol. The molecule has 0 aliphatic rings. The molecular formula is C20H35N7O8. The second-order valence-electron chi connectivity index (χ2n) is 8.12. The van der Waals surface area contributed by atoms with E-state index in [1.54, 1.807) is 13.8 Å². The van der Waals surface area contributed by atoms with E-state index in [1.165, 1.54) is 0 Å². The number of carboxylic acid groups (broad SMARTS) is 1. The second kappa shape index (κ2) is 15.2. The third-order valence-electron chi connectivity index (χ3n) is 5.17. The van der Waals surface area contributed by atoms with Gasteiger partial charge in [-0.1, -0.05) is 20.3 Å². The number of nitrogens with one attached hydrogen (secondary N) is 3. The van der Waals surface area contributed by atoms with Gasteiger partial charge in [-0.2, -0.15) is 0 Å². The first-order valence-electron chi connectivity index (χ1n) is 10.9. The first kappa shape index (κ1) is 31.2. The van der Waals surface area contributed by atoms with Gasteiger partial charge in [0, 0.05) is 12.8 Å². The Morgan fingerprint density at radius 2 is 1.23 bits per heavy atom. The number of amides is 6. The van der Waals surface area contributed by atoms with Gasteiger partial charge in [-0.3, -0.25) is 28.8 Å². The molecular weight excluding hydrogens is 466 g/mol. The highest BCUT2D eigenvalue weighted by molar-refractivity contribution is 5.96. The molecule has 0 bridgehead atoms. The minimum atomic E-state index is -1.57. The largest absolute Gasteiger partial charge is 0.480 e. The van der Waals surface area contributed by atoms with Crippen LogP contribution in [0.3, 0.4) is 0 Å². The van der Waals surface area contributed by atoms with Crippen LogP contribution >= 0.6 is 0 Å². The van der Waals surface area contributed by atoms with Crippen molar-refractivity contribution >= 4 is 41.4 Å². The molecule has 0 saturated heterocycles. The van der Waals surface area contributed by atoms with Gasteiger partial charge < -0.3 is 44.0 Å². The van der Waals surface area contributed by atoms with Gasteiger partial charge in [0.1, 0.15) is 18.1 Å². The first-order valence-corrected chi connectivity index (χ1v) is 10.9. The summed E-state index contributed by atoms with van der Waals surface area (Å²) in [5.41, 5.74) is 21.0. The fraction of sp³-hybridized carbons (Fsp3) is 0.650. The van der Waals surface area contributed by atoms with Crippen LogP contribution in [0.25, 0.3) is 0 Å². The Bertz CT molecular complexity index is 819. The molecule has 0 aliphatic carbocycles. The van der Waals surface area contributed by atoms with Crippen LogP contribution in [0.5, 0.6) is 0 Å². The summed E-state index contributed by atoms with van der Waals surface area (Å²) < 4.78 is 0. The second-order valence-corrected chi connectivity index (χ2v) is 8.12. The van der Waals surface area contributed by atoms with Gasteiger partial charge >= 0.3 is 5.97 Å². The van der Waals surface area contributed by atoms with E-state index in [0.717, 1.165) is 0 Å². The molecule has 198 valence electrons. The average molecular weight is 502 g/mol. The number of primary amides is 3. The van der Waals surface area contributed by atoms with Crippen LogP contribution in [0, 0.1) is 5.92 Å². The van der Waals surface area contributed by atoms with E-state index in [-0.39, 0.29) is 25.7 Å². The molecule has 0 aromatic carbocycles. The summed E-state index contributed by atoms with van der Waals surface area (Å²) in [6.45, 7) is 3.31. The van der Waals surface area contributed by atoms with Crippen molar-refractivity contribution in [3.63, 3.8) is 0 Å². The molecule has 0 aromatic rings. The first-order chi connectivity index (χ1) is 16.2. The summed E-state index contributed by atoms with van der Waals surface area (Å²) in [7, 11) is 0. The van der Waals surface area contributed by atoms with Gasteiger partial charge in [0.15, 0.2) is 0 Å². The van der Waals surface area contributed by atoms with E-state index in [2.05, 4.69) is 16.0 Å². The standard InChI is InChI=1S/C20H35N7O8/c1-3-9(2)16(20(34)35)27-19(33)12(8-15(24)30)26-18(32)11(5-7-14(23)29)25-17(31)10(21)4-6-13(22)28/h9-12,16H,3-8,21H2,1-2H3,(H2,22,28)(H2,23,29)(H2,24,30)(H,25,31)(H,26,32)(H,27,33)(H,34,35). The highest BCUT2D eigenvalue weighted by Gasteiger charge is 2.32. The lowest BCUT2D eigenvalue weighted by atomic mass is 9.98. The van der Waals surface area contributed by atoms with E-state index in [4.69, 9.17) is 22.9 Å². The van der Waals surface area contributed by atoms with E-state index >= 15 is 0 Å². The van der Waals surface area contributed by atoms with Crippen molar-refractivity contribution in [3.8, 4) is 0 Å². The Labute approximate surface area is 202 Å². The number of carbonyl (C=O) groups excluding carboxylic acids is 6. The fourth-order valence-electron chi connectivity index (χ4n) is 2.88. The Morgan fingerprint density at radius 3 is 1.69 bits per heavy atom. The molecule has 35 heavy (non-hydrogen) atoms. The van der Waals surface area contributed by atoms with Gasteiger partial charge in [0.05, 0.1) is 12.5 Å². The molecule has 15 nitrogen and oxygen atoms in total. The number of nitrogens with two attached hydrogens (primary N) is 4. The lowest BCUT2D eigenvalue weighted by Crippen LogP contribution is -2.58. The zero-order valence-corrected chi connectivity index (χ0v) is 19.7. The van der Waals surface area contributed by atoms with Crippen molar-refractivity contribution in [1.82, 2.24) is 16.0 Å². The highest BCUT2D eigenvalue weighted by Crippen LogP contribution is 2.09. The molecule has 0 saturated carbocycles. The molecule has 0 heterocycles. The Kier molecular flexibility index (Phi) is 13.6. The van der Waals surface area contributed by atoms with Crippen LogP contribution in [0.2, 0.25) is 0 Å². The highest BCUT2D eigenvalue weighted by atomic mass is 16.4. The number of hydrogen-bond acceptors (Lipinski definition) is 8. The van der Waals surface area contributed by atoms with Crippen molar-refractivity contribution in [1.29, 1.82) is 0 Å². The quantitative estimate of drug-likeness (QED) is 0.0971. The normalized spacial score (nSPS) is 14.9. The molecule has 6 amide bonds. The van der Waals surface area contributed by atoms with Gasteiger partial charge in [-0.05, 0) is 18.8 Å². The number of carbonyl (C=O) groups is 7. The van der Waals surface area contributed by atoms with E-state index in [0.29, 0.717) is 6.42 Å². The molecule has 12 N–H and O–H groups in total. The van der Waals surface area contributed by atoms with E-state index in [1.807, 2.05) is 0 Å². The average Bonchev–Trinajstić information content (AvgIpc) is 2.76. The maximum absolute atomic E-state index is 12.8.